The Hall–Kier alpha value is -1.49. The third-order valence-electron chi connectivity index (χ3n) is 3.02. The minimum Gasteiger partial charge on any atom is -0.351 e. The smallest absolute Gasteiger partial charge is 0.222 e. The summed E-state index contributed by atoms with van der Waals surface area (Å²) in [7, 11) is 0. The molecule has 0 saturated heterocycles. The van der Waals surface area contributed by atoms with Crippen LogP contribution in [-0.2, 0) is 0 Å². The number of rotatable bonds is 3. The Labute approximate surface area is 113 Å². The molecule has 5 heteroatoms. The van der Waals surface area contributed by atoms with Gasteiger partial charge >= 0.3 is 0 Å². The van der Waals surface area contributed by atoms with Gasteiger partial charge in [-0.15, -0.1) is 0 Å². The van der Waals surface area contributed by atoms with Crippen LogP contribution in [0.25, 0.3) is 0 Å². The molecule has 1 aliphatic rings. The molecule has 0 unspecified atom stereocenters. The lowest BCUT2D eigenvalue weighted by Gasteiger charge is -2.04. The van der Waals surface area contributed by atoms with Gasteiger partial charge in [0, 0.05) is 24.4 Å². The summed E-state index contributed by atoms with van der Waals surface area (Å²) in [5, 5.41) is 3.27. The van der Waals surface area contributed by atoms with Crippen LogP contribution in [-0.4, -0.2) is 16.0 Å². The molecule has 1 aliphatic carbocycles. The molecule has 1 N–H and O–H groups in total. The first-order chi connectivity index (χ1) is 8.72. The topological polar surface area (TPSA) is 37.8 Å². The third kappa shape index (κ3) is 2.51. The van der Waals surface area contributed by atoms with Crippen LogP contribution in [0.1, 0.15) is 17.9 Å². The van der Waals surface area contributed by atoms with Crippen LogP contribution in [0, 0.1) is 5.82 Å². The average molecular weight is 308 g/mol. The molecule has 92 valence electrons. The molecule has 2 atom stereocenters. The zero-order valence-corrected chi connectivity index (χ0v) is 11.1. The van der Waals surface area contributed by atoms with E-state index in [0.717, 1.165) is 16.5 Å². The maximum atomic E-state index is 12.8. The third-order valence-corrected chi connectivity index (χ3v) is 3.43. The van der Waals surface area contributed by atoms with Gasteiger partial charge in [-0.3, -0.25) is 0 Å². The Morgan fingerprint density at radius 2 is 1.83 bits per heavy atom. The molecule has 1 aromatic carbocycles. The highest BCUT2D eigenvalue weighted by Crippen LogP contribution is 2.42. The van der Waals surface area contributed by atoms with Crippen LogP contribution in [0.2, 0.25) is 0 Å². The highest BCUT2D eigenvalue weighted by atomic mass is 79.9. The van der Waals surface area contributed by atoms with E-state index < -0.39 is 0 Å². The van der Waals surface area contributed by atoms with E-state index in [1.165, 1.54) is 12.1 Å². The van der Waals surface area contributed by atoms with E-state index >= 15 is 0 Å². The molecule has 1 aromatic heterocycles. The maximum Gasteiger partial charge on any atom is 0.222 e. The molecule has 2 aromatic rings. The second-order valence-corrected chi connectivity index (χ2v) is 5.29. The largest absolute Gasteiger partial charge is 0.351 e. The molecule has 1 heterocycles. The fourth-order valence-electron chi connectivity index (χ4n) is 1.99. The van der Waals surface area contributed by atoms with Crippen LogP contribution in [0.5, 0.6) is 0 Å². The van der Waals surface area contributed by atoms with E-state index in [1.54, 1.807) is 12.4 Å². The quantitative estimate of drug-likeness (QED) is 0.945. The Kier molecular flexibility index (Phi) is 2.99. The average Bonchev–Trinajstić information content (AvgIpc) is 3.12. The molecular weight excluding hydrogens is 297 g/mol. The molecular formula is C13H11BrFN3. The summed E-state index contributed by atoms with van der Waals surface area (Å²) >= 11 is 3.29. The van der Waals surface area contributed by atoms with Crippen molar-refractivity contribution in [2.24, 2.45) is 0 Å². The van der Waals surface area contributed by atoms with E-state index in [0.29, 0.717) is 17.9 Å². The van der Waals surface area contributed by atoms with Gasteiger partial charge in [-0.1, -0.05) is 12.1 Å². The first-order valence-corrected chi connectivity index (χ1v) is 6.51. The lowest BCUT2D eigenvalue weighted by Crippen LogP contribution is -2.07. The van der Waals surface area contributed by atoms with Gasteiger partial charge in [0.2, 0.25) is 5.95 Å². The van der Waals surface area contributed by atoms with Crippen molar-refractivity contribution in [3.8, 4) is 0 Å². The molecule has 3 rings (SSSR count). The van der Waals surface area contributed by atoms with Gasteiger partial charge in [-0.25, -0.2) is 14.4 Å². The molecule has 0 spiro atoms. The number of anilines is 1. The van der Waals surface area contributed by atoms with Gasteiger partial charge in [0.1, 0.15) is 5.82 Å². The van der Waals surface area contributed by atoms with Gasteiger partial charge in [0.25, 0.3) is 0 Å². The van der Waals surface area contributed by atoms with Gasteiger partial charge in [-0.2, -0.15) is 0 Å². The SMILES string of the molecule is Fc1ccc([C@@H]2C[C@H]2Nc2ncc(Br)cn2)cc1. The van der Waals surface area contributed by atoms with Crippen molar-refractivity contribution in [2.75, 3.05) is 5.32 Å². The maximum absolute atomic E-state index is 12.8. The number of nitrogens with zero attached hydrogens (tertiary/aromatic N) is 2. The van der Waals surface area contributed by atoms with E-state index in [1.807, 2.05) is 12.1 Å². The van der Waals surface area contributed by atoms with Crippen molar-refractivity contribution in [3.05, 3.63) is 52.5 Å². The molecule has 0 amide bonds. The van der Waals surface area contributed by atoms with Crippen LogP contribution in [0.15, 0.2) is 41.1 Å². The van der Waals surface area contributed by atoms with Crippen LogP contribution in [0.4, 0.5) is 10.3 Å². The van der Waals surface area contributed by atoms with Crippen LogP contribution >= 0.6 is 15.9 Å². The molecule has 1 fully saturated rings. The van der Waals surface area contributed by atoms with E-state index in [9.17, 15) is 4.39 Å². The zero-order chi connectivity index (χ0) is 12.5. The Bertz CT molecular complexity index is 541. The molecule has 0 bridgehead atoms. The van der Waals surface area contributed by atoms with Gasteiger partial charge < -0.3 is 5.32 Å². The molecule has 0 aliphatic heterocycles. The van der Waals surface area contributed by atoms with Gasteiger partial charge in [-0.05, 0) is 40.0 Å². The minimum absolute atomic E-state index is 0.194. The zero-order valence-electron chi connectivity index (χ0n) is 9.48. The summed E-state index contributed by atoms with van der Waals surface area (Å²) < 4.78 is 13.7. The highest BCUT2D eigenvalue weighted by Gasteiger charge is 2.38. The normalized spacial score (nSPS) is 21.7. The minimum atomic E-state index is -0.194. The summed E-state index contributed by atoms with van der Waals surface area (Å²) in [5.41, 5.74) is 1.16. The highest BCUT2D eigenvalue weighted by molar-refractivity contribution is 9.10. The monoisotopic (exact) mass is 307 g/mol. The fraction of sp³-hybridized carbons (Fsp3) is 0.231. The second kappa shape index (κ2) is 4.65. The van der Waals surface area contributed by atoms with Crippen LogP contribution in [0.3, 0.4) is 0 Å². The molecule has 1 saturated carbocycles. The van der Waals surface area contributed by atoms with Gasteiger partial charge in [0.15, 0.2) is 0 Å². The van der Waals surface area contributed by atoms with Crippen LogP contribution < -0.4 is 5.32 Å². The summed E-state index contributed by atoms with van der Waals surface area (Å²) in [6.07, 6.45) is 4.46. The Balaban J connectivity index is 1.64. The van der Waals surface area contributed by atoms with Crippen molar-refractivity contribution in [1.29, 1.82) is 0 Å². The standard InChI is InChI=1S/C13H11BrFN3/c14-9-6-16-13(17-7-9)18-12-5-11(12)8-1-3-10(15)4-2-8/h1-4,6-7,11-12H,5H2,(H,16,17,18)/t11-,12+/m0/s1. The summed E-state index contributed by atoms with van der Waals surface area (Å²) in [6, 6.07) is 7.02. The lowest BCUT2D eigenvalue weighted by atomic mass is 10.1. The number of aromatic nitrogens is 2. The van der Waals surface area contributed by atoms with Gasteiger partial charge in [0.05, 0.1) is 4.47 Å². The summed E-state index contributed by atoms with van der Waals surface area (Å²) in [4.78, 5) is 8.34. The number of halogens is 2. The first-order valence-electron chi connectivity index (χ1n) is 5.72. The Morgan fingerprint density at radius 3 is 2.50 bits per heavy atom. The second-order valence-electron chi connectivity index (χ2n) is 4.37. The number of nitrogens with one attached hydrogen (secondary N) is 1. The van der Waals surface area contributed by atoms with Crippen molar-refractivity contribution < 1.29 is 4.39 Å². The molecule has 3 nitrogen and oxygen atoms in total. The number of benzene rings is 1. The number of hydrogen-bond acceptors (Lipinski definition) is 3. The van der Waals surface area contributed by atoms with Crippen molar-refractivity contribution in [3.63, 3.8) is 0 Å². The Morgan fingerprint density at radius 1 is 1.17 bits per heavy atom. The predicted octanol–water partition coefficient (Wildman–Crippen LogP) is 3.35. The fourth-order valence-corrected chi connectivity index (χ4v) is 2.19. The summed E-state index contributed by atoms with van der Waals surface area (Å²) in [6.45, 7) is 0. The lowest BCUT2D eigenvalue weighted by molar-refractivity contribution is 0.627. The van der Waals surface area contributed by atoms with Crippen molar-refractivity contribution in [2.45, 2.75) is 18.4 Å². The molecule has 0 radical (unpaired) electrons. The van der Waals surface area contributed by atoms with E-state index in [2.05, 4.69) is 31.2 Å². The van der Waals surface area contributed by atoms with Crippen molar-refractivity contribution >= 4 is 21.9 Å². The predicted molar refractivity (Wildman–Crippen MR) is 70.9 cm³/mol. The van der Waals surface area contributed by atoms with Crippen molar-refractivity contribution in [1.82, 2.24) is 9.97 Å². The summed E-state index contributed by atoms with van der Waals surface area (Å²) in [5.74, 6) is 0.866. The first kappa shape index (κ1) is 11.6. The molecule has 18 heavy (non-hydrogen) atoms. The van der Waals surface area contributed by atoms with E-state index in [-0.39, 0.29) is 5.82 Å². The number of hydrogen-bond donors (Lipinski definition) is 1. The van der Waals surface area contributed by atoms with E-state index in [4.69, 9.17) is 0 Å².